The molecule has 1 fully saturated rings. The highest BCUT2D eigenvalue weighted by Gasteiger charge is 2.53. The number of esters is 1. The minimum Gasteiger partial charge on any atom is -0.469 e. The summed E-state index contributed by atoms with van der Waals surface area (Å²) in [7, 11) is 1.28. The Morgan fingerprint density at radius 1 is 0.964 bits per heavy atom. The number of methoxy groups -OCH3 is 1. The summed E-state index contributed by atoms with van der Waals surface area (Å²) in [6, 6.07) is 10.6. The molecule has 0 aliphatic carbocycles. The number of benzene rings is 1. The molecule has 1 aromatic carbocycles. The molecule has 0 bridgehead atoms. The van der Waals surface area contributed by atoms with Crippen LogP contribution in [0.2, 0.25) is 5.82 Å². The van der Waals surface area contributed by atoms with Crippen molar-refractivity contribution in [3.8, 4) is 0 Å². The number of rotatable bonds is 11. The molecule has 4 nitrogen and oxygen atoms in total. The normalized spacial score (nSPS) is 18.8. The molecule has 1 aliphatic heterocycles. The standard InChI is InChI=1S/C23H37BO4/c1-22(2)23(3,4)28-24(27-22)20(17-11-12-18-21(25)26-5)16-10-9-15-19-13-7-6-8-14-19/h6-8,13-14,20H,9-12,15-18H2,1-5H3/t20-/m0/s1. The van der Waals surface area contributed by atoms with Crippen molar-refractivity contribution in [3.05, 3.63) is 35.9 Å². The number of ether oxygens (including phenoxy) is 1. The van der Waals surface area contributed by atoms with E-state index in [2.05, 4.69) is 58.0 Å². The largest absolute Gasteiger partial charge is 0.469 e. The lowest BCUT2D eigenvalue weighted by molar-refractivity contribution is -0.140. The predicted molar refractivity (Wildman–Crippen MR) is 114 cm³/mol. The molecule has 0 spiro atoms. The van der Waals surface area contributed by atoms with Crippen LogP contribution in [-0.4, -0.2) is 31.4 Å². The van der Waals surface area contributed by atoms with E-state index in [0.29, 0.717) is 12.2 Å². The van der Waals surface area contributed by atoms with Crippen molar-refractivity contribution in [1.82, 2.24) is 0 Å². The number of hydrogen-bond acceptors (Lipinski definition) is 4. The van der Waals surface area contributed by atoms with Gasteiger partial charge in [-0.25, -0.2) is 0 Å². The Labute approximate surface area is 171 Å². The number of carbonyl (C=O) groups excluding carboxylic acids is 1. The average Bonchev–Trinajstić information content (AvgIpc) is 2.88. The van der Waals surface area contributed by atoms with Crippen LogP contribution in [0.15, 0.2) is 30.3 Å². The van der Waals surface area contributed by atoms with Gasteiger partial charge in [-0.1, -0.05) is 56.0 Å². The summed E-state index contributed by atoms with van der Waals surface area (Å²) < 4.78 is 17.4. The number of hydrogen-bond donors (Lipinski definition) is 0. The molecule has 0 radical (unpaired) electrons. The maximum absolute atomic E-state index is 11.4. The van der Waals surface area contributed by atoms with Crippen LogP contribution in [0.3, 0.4) is 0 Å². The minimum absolute atomic E-state index is 0.130. The van der Waals surface area contributed by atoms with Crippen LogP contribution in [0, 0.1) is 0 Å². The van der Waals surface area contributed by atoms with E-state index in [-0.39, 0.29) is 24.3 Å². The van der Waals surface area contributed by atoms with Crippen LogP contribution in [0.4, 0.5) is 0 Å². The van der Waals surface area contributed by atoms with Crippen molar-refractivity contribution in [2.24, 2.45) is 0 Å². The summed E-state index contributed by atoms with van der Waals surface area (Å²) in [6.07, 6.45) is 7.86. The minimum atomic E-state index is -0.300. The molecule has 1 saturated heterocycles. The van der Waals surface area contributed by atoms with Crippen LogP contribution in [0.5, 0.6) is 0 Å². The Morgan fingerprint density at radius 3 is 2.11 bits per heavy atom. The van der Waals surface area contributed by atoms with Crippen molar-refractivity contribution in [2.45, 2.75) is 96.1 Å². The topological polar surface area (TPSA) is 44.8 Å². The lowest BCUT2D eigenvalue weighted by Crippen LogP contribution is -2.41. The SMILES string of the molecule is COC(=O)CCCC[C@H](CCCCc1ccccc1)B1OC(C)(C)C(C)(C)O1. The zero-order chi connectivity index (χ0) is 20.6. The summed E-state index contributed by atoms with van der Waals surface area (Å²) in [5.41, 5.74) is 0.797. The molecule has 0 amide bonds. The maximum Gasteiger partial charge on any atom is 0.461 e. The molecular formula is C23H37BO4. The third-order valence-corrected chi connectivity index (χ3v) is 6.22. The molecule has 28 heavy (non-hydrogen) atoms. The first-order valence-corrected chi connectivity index (χ1v) is 10.7. The van der Waals surface area contributed by atoms with E-state index in [4.69, 9.17) is 14.0 Å². The Hall–Kier alpha value is -1.33. The fourth-order valence-corrected chi connectivity index (χ4v) is 3.66. The Bertz CT molecular complexity index is 584. The molecule has 0 N–H and O–H groups in total. The van der Waals surface area contributed by atoms with Crippen molar-refractivity contribution in [1.29, 1.82) is 0 Å². The van der Waals surface area contributed by atoms with E-state index in [0.717, 1.165) is 38.5 Å². The summed E-state index contributed by atoms with van der Waals surface area (Å²) in [6.45, 7) is 8.43. The fraction of sp³-hybridized carbons (Fsp3) is 0.696. The van der Waals surface area contributed by atoms with Gasteiger partial charge in [-0.3, -0.25) is 4.79 Å². The molecule has 2 rings (SSSR count). The molecular weight excluding hydrogens is 351 g/mol. The van der Waals surface area contributed by atoms with Gasteiger partial charge in [0.25, 0.3) is 0 Å². The van der Waals surface area contributed by atoms with Crippen molar-refractivity contribution < 1.29 is 18.8 Å². The van der Waals surface area contributed by atoms with Crippen molar-refractivity contribution in [2.75, 3.05) is 7.11 Å². The fourth-order valence-electron chi connectivity index (χ4n) is 3.66. The summed E-state index contributed by atoms with van der Waals surface area (Å²) in [4.78, 5) is 11.4. The number of carbonyl (C=O) groups is 1. The van der Waals surface area contributed by atoms with E-state index in [9.17, 15) is 4.79 Å². The van der Waals surface area contributed by atoms with Crippen LogP contribution in [-0.2, 0) is 25.3 Å². The summed E-state index contributed by atoms with van der Waals surface area (Å²) in [5.74, 6) is 0.226. The lowest BCUT2D eigenvalue weighted by atomic mass is 9.66. The van der Waals surface area contributed by atoms with Gasteiger partial charge in [-0.15, -0.1) is 0 Å². The third-order valence-electron chi connectivity index (χ3n) is 6.22. The van der Waals surface area contributed by atoms with Crippen molar-refractivity contribution in [3.63, 3.8) is 0 Å². The van der Waals surface area contributed by atoms with E-state index in [1.807, 2.05) is 0 Å². The highest BCUT2D eigenvalue weighted by molar-refractivity contribution is 6.47. The van der Waals surface area contributed by atoms with Gasteiger partial charge in [-0.2, -0.15) is 0 Å². The van der Waals surface area contributed by atoms with E-state index < -0.39 is 0 Å². The summed E-state index contributed by atoms with van der Waals surface area (Å²) in [5, 5.41) is 0. The second kappa shape index (κ2) is 10.5. The highest BCUT2D eigenvalue weighted by atomic mass is 16.7. The third kappa shape index (κ3) is 6.63. The number of aryl methyl sites for hydroxylation is 1. The number of unbranched alkanes of at least 4 members (excludes halogenated alkanes) is 2. The van der Waals surface area contributed by atoms with Gasteiger partial charge in [0.15, 0.2) is 0 Å². The monoisotopic (exact) mass is 388 g/mol. The first-order valence-electron chi connectivity index (χ1n) is 10.7. The molecule has 5 heteroatoms. The molecule has 0 saturated carbocycles. The molecule has 1 aliphatic rings. The Balaban J connectivity index is 1.86. The molecule has 0 aromatic heterocycles. The Kier molecular flexibility index (Phi) is 8.57. The zero-order valence-corrected chi connectivity index (χ0v) is 18.3. The molecule has 1 aromatic rings. The van der Waals surface area contributed by atoms with Crippen LogP contribution in [0.1, 0.15) is 78.2 Å². The quantitative estimate of drug-likeness (QED) is 0.281. The van der Waals surface area contributed by atoms with Gasteiger partial charge >= 0.3 is 13.1 Å². The van der Waals surface area contributed by atoms with Gasteiger partial charge in [0.05, 0.1) is 18.3 Å². The first kappa shape index (κ1) is 23.0. The first-order chi connectivity index (χ1) is 13.2. The maximum atomic E-state index is 11.4. The van der Waals surface area contributed by atoms with Crippen LogP contribution >= 0.6 is 0 Å². The molecule has 1 heterocycles. The van der Waals surface area contributed by atoms with E-state index >= 15 is 0 Å². The highest BCUT2D eigenvalue weighted by Crippen LogP contribution is 2.42. The predicted octanol–water partition coefficient (Wildman–Crippen LogP) is 5.60. The lowest BCUT2D eigenvalue weighted by Gasteiger charge is -2.32. The zero-order valence-electron chi connectivity index (χ0n) is 18.3. The average molecular weight is 388 g/mol. The van der Waals surface area contributed by atoms with E-state index in [1.54, 1.807) is 0 Å². The van der Waals surface area contributed by atoms with Crippen molar-refractivity contribution >= 4 is 13.1 Å². The van der Waals surface area contributed by atoms with Gasteiger partial charge in [0.2, 0.25) is 0 Å². The molecule has 1 atom stereocenters. The molecule has 156 valence electrons. The Morgan fingerprint density at radius 2 is 1.54 bits per heavy atom. The smallest absolute Gasteiger partial charge is 0.461 e. The van der Waals surface area contributed by atoms with Gasteiger partial charge in [0.1, 0.15) is 0 Å². The van der Waals surface area contributed by atoms with Crippen LogP contribution < -0.4 is 0 Å². The van der Waals surface area contributed by atoms with Gasteiger partial charge in [0, 0.05) is 6.42 Å². The molecule has 0 unspecified atom stereocenters. The van der Waals surface area contributed by atoms with Gasteiger partial charge in [-0.05, 0) is 58.3 Å². The van der Waals surface area contributed by atoms with Crippen LogP contribution in [0.25, 0.3) is 0 Å². The summed E-state index contributed by atoms with van der Waals surface area (Å²) >= 11 is 0. The second-order valence-corrected chi connectivity index (χ2v) is 8.94. The van der Waals surface area contributed by atoms with Gasteiger partial charge < -0.3 is 14.0 Å². The second-order valence-electron chi connectivity index (χ2n) is 8.94. The van der Waals surface area contributed by atoms with E-state index in [1.165, 1.54) is 19.1 Å².